The van der Waals surface area contributed by atoms with Gasteiger partial charge in [0.25, 0.3) is 5.91 Å². The molecule has 2 aliphatic rings. The van der Waals surface area contributed by atoms with Gasteiger partial charge in [0.15, 0.2) is 0 Å². The fourth-order valence-corrected chi connectivity index (χ4v) is 2.84. The number of amides is 2. The minimum atomic E-state index is 0.0407. The normalized spacial score (nSPS) is 26.1. The van der Waals surface area contributed by atoms with Crippen molar-refractivity contribution in [3.8, 4) is 0 Å². The molecule has 2 aliphatic heterocycles. The van der Waals surface area contributed by atoms with Crippen molar-refractivity contribution < 1.29 is 9.59 Å². The highest BCUT2D eigenvalue weighted by Crippen LogP contribution is 2.27. The Hall–Kier alpha value is -1.84. The standard InChI is InChI=1S/C14H16N2O2/c1-9-2-4-10(5-3-9)14(18)16-7-6-11-12(16)8-13(17)15-11/h2-5,11-12H,6-8H2,1H3,(H,15,17)/t11-,12+/m0/s1. The summed E-state index contributed by atoms with van der Waals surface area (Å²) >= 11 is 0. The van der Waals surface area contributed by atoms with E-state index >= 15 is 0 Å². The third-order valence-electron chi connectivity index (χ3n) is 3.85. The summed E-state index contributed by atoms with van der Waals surface area (Å²) in [5, 5.41) is 2.93. The molecule has 18 heavy (non-hydrogen) atoms. The molecule has 2 amide bonds. The van der Waals surface area contributed by atoms with E-state index in [1.54, 1.807) is 0 Å². The number of hydrogen-bond donors (Lipinski definition) is 1. The van der Waals surface area contributed by atoms with Crippen LogP contribution in [0.15, 0.2) is 24.3 Å². The summed E-state index contributed by atoms with van der Waals surface area (Å²) in [6.07, 6.45) is 1.32. The molecule has 4 nitrogen and oxygen atoms in total. The number of carbonyl (C=O) groups is 2. The van der Waals surface area contributed by atoms with E-state index < -0.39 is 0 Å². The van der Waals surface area contributed by atoms with Crippen LogP contribution in [0.5, 0.6) is 0 Å². The maximum absolute atomic E-state index is 12.4. The molecule has 0 bridgehead atoms. The number of aryl methyl sites for hydroxylation is 1. The van der Waals surface area contributed by atoms with Crippen molar-refractivity contribution in [1.82, 2.24) is 10.2 Å². The van der Waals surface area contributed by atoms with Gasteiger partial charge in [0.2, 0.25) is 5.91 Å². The van der Waals surface area contributed by atoms with Crippen LogP contribution in [0.4, 0.5) is 0 Å². The Balaban J connectivity index is 1.81. The van der Waals surface area contributed by atoms with E-state index in [1.165, 1.54) is 0 Å². The van der Waals surface area contributed by atoms with Gasteiger partial charge in [0.05, 0.1) is 12.1 Å². The predicted octanol–water partition coefficient (Wildman–Crippen LogP) is 1.10. The third kappa shape index (κ3) is 1.78. The lowest BCUT2D eigenvalue weighted by atomic mass is 10.1. The Morgan fingerprint density at radius 3 is 2.78 bits per heavy atom. The van der Waals surface area contributed by atoms with Crippen LogP contribution in [0.25, 0.3) is 0 Å². The molecule has 0 saturated carbocycles. The monoisotopic (exact) mass is 244 g/mol. The van der Waals surface area contributed by atoms with Crippen molar-refractivity contribution in [3.05, 3.63) is 35.4 Å². The van der Waals surface area contributed by atoms with E-state index in [-0.39, 0.29) is 23.9 Å². The zero-order valence-electron chi connectivity index (χ0n) is 10.3. The lowest BCUT2D eigenvalue weighted by molar-refractivity contribution is -0.119. The second kappa shape index (κ2) is 4.12. The van der Waals surface area contributed by atoms with Crippen LogP contribution in [0, 0.1) is 6.92 Å². The molecular formula is C14H16N2O2. The Bertz CT molecular complexity index is 495. The Labute approximate surface area is 106 Å². The number of fused-ring (bicyclic) bond motifs is 1. The second-order valence-electron chi connectivity index (χ2n) is 5.10. The first-order valence-corrected chi connectivity index (χ1v) is 6.32. The molecule has 3 rings (SSSR count). The van der Waals surface area contributed by atoms with Crippen LogP contribution >= 0.6 is 0 Å². The Morgan fingerprint density at radius 1 is 1.33 bits per heavy atom. The van der Waals surface area contributed by atoms with Gasteiger partial charge in [-0.25, -0.2) is 0 Å². The minimum absolute atomic E-state index is 0.0407. The number of nitrogens with one attached hydrogen (secondary N) is 1. The average Bonchev–Trinajstić information content (AvgIpc) is 2.88. The molecule has 0 aliphatic carbocycles. The fraction of sp³-hybridized carbons (Fsp3) is 0.429. The largest absolute Gasteiger partial charge is 0.351 e. The lowest BCUT2D eigenvalue weighted by Crippen LogP contribution is -2.38. The lowest BCUT2D eigenvalue weighted by Gasteiger charge is -2.22. The molecule has 94 valence electrons. The van der Waals surface area contributed by atoms with Crippen LogP contribution in [0.2, 0.25) is 0 Å². The zero-order valence-corrected chi connectivity index (χ0v) is 10.3. The Morgan fingerprint density at radius 2 is 2.06 bits per heavy atom. The summed E-state index contributed by atoms with van der Waals surface area (Å²) in [5.41, 5.74) is 1.85. The maximum atomic E-state index is 12.4. The number of rotatable bonds is 1. The van der Waals surface area contributed by atoms with Crippen molar-refractivity contribution in [1.29, 1.82) is 0 Å². The summed E-state index contributed by atoms with van der Waals surface area (Å²) < 4.78 is 0. The van der Waals surface area contributed by atoms with E-state index in [0.29, 0.717) is 12.0 Å². The molecule has 2 saturated heterocycles. The minimum Gasteiger partial charge on any atom is -0.351 e. The first kappa shape index (κ1) is 11.3. The number of likely N-dealkylation sites (tertiary alicyclic amines) is 1. The van der Waals surface area contributed by atoms with Gasteiger partial charge in [-0.2, -0.15) is 0 Å². The molecule has 2 heterocycles. The van der Waals surface area contributed by atoms with Crippen molar-refractivity contribution >= 4 is 11.8 Å². The molecule has 2 atom stereocenters. The first-order valence-electron chi connectivity index (χ1n) is 6.32. The summed E-state index contributed by atoms with van der Waals surface area (Å²) in [6, 6.07) is 7.81. The van der Waals surface area contributed by atoms with Crippen molar-refractivity contribution in [2.45, 2.75) is 31.8 Å². The molecule has 0 unspecified atom stereocenters. The molecule has 2 fully saturated rings. The smallest absolute Gasteiger partial charge is 0.254 e. The molecule has 4 heteroatoms. The average molecular weight is 244 g/mol. The van der Waals surface area contributed by atoms with Crippen molar-refractivity contribution in [2.75, 3.05) is 6.54 Å². The zero-order chi connectivity index (χ0) is 12.7. The van der Waals surface area contributed by atoms with Gasteiger partial charge < -0.3 is 10.2 Å². The van der Waals surface area contributed by atoms with E-state index in [0.717, 1.165) is 18.5 Å². The maximum Gasteiger partial charge on any atom is 0.254 e. The number of hydrogen-bond acceptors (Lipinski definition) is 2. The van der Waals surface area contributed by atoms with Gasteiger partial charge in [-0.15, -0.1) is 0 Å². The molecular weight excluding hydrogens is 228 g/mol. The Kier molecular flexibility index (Phi) is 2.58. The van der Waals surface area contributed by atoms with Crippen LogP contribution in [0.3, 0.4) is 0 Å². The van der Waals surface area contributed by atoms with Crippen LogP contribution in [-0.4, -0.2) is 35.3 Å². The van der Waals surface area contributed by atoms with Gasteiger partial charge in [-0.3, -0.25) is 9.59 Å². The highest BCUT2D eigenvalue weighted by molar-refractivity contribution is 5.95. The molecule has 0 radical (unpaired) electrons. The molecule has 1 aromatic rings. The number of carbonyl (C=O) groups excluding carboxylic acids is 2. The van der Waals surface area contributed by atoms with Gasteiger partial charge in [-0.05, 0) is 25.5 Å². The van der Waals surface area contributed by atoms with Gasteiger partial charge in [0.1, 0.15) is 0 Å². The van der Waals surface area contributed by atoms with Crippen molar-refractivity contribution in [3.63, 3.8) is 0 Å². The van der Waals surface area contributed by atoms with E-state index in [9.17, 15) is 9.59 Å². The van der Waals surface area contributed by atoms with Crippen molar-refractivity contribution in [2.24, 2.45) is 0 Å². The molecule has 0 spiro atoms. The second-order valence-corrected chi connectivity index (χ2v) is 5.10. The topological polar surface area (TPSA) is 49.4 Å². The third-order valence-corrected chi connectivity index (χ3v) is 3.85. The van der Waals surface area contributed by atoms with Gasteiger partial charge in [-0.1, -0.05) is 17.7 Å². The summed E-state index contributed by atoms with van der Waals surface area (Å²) in [7, 11) is 0. The summed E-state index contributed by atoms with van der Waals surface area (Å²) in [5.74, 6) is 0.102. The molecule has 0 aromatic heterocycles. The molecule has 1 aromatic carbocycles. The van der Waals surface area contributed by atoms with Gasteiger partial charge in [0, 0.05) is 18.5 Å². The number of benzene rings is 1. The van der Waals surface area contributed by atoms with Crippen LogP contribution < -0.4 is 5.32 Å². The summed E-state index contributed by atoms with van der Waals surface area (Å²) in [6.45, 7) is 2.74. The van der Waals surface area contributed by atoms with E-state index in [1.807, 2.05) is 36.1 Å². The summed E-state index contributed by atoms with van der Waals surface area (Å²) in [4.78, 5) is 25.6. The predicted molar refractivity (Wildman–Crippen MR) is 67.2 cm³/mol. The SMILES string of the molecule is Cc1ccc(C(=O)N2CC[C@@H]3NC(=O)C[C@H]32)cc1. The van der Waals surface area contributed by atoms with Crippen LogP contribution in [-0.2, 0) is 4.79 Å². The quantitative estimate of drug-likeness (QED) is 0.804. The molecule has 1 N–H and O–H groups in total. The fourth-order valence-electron chi connectivity index (χ4n) is 2.84. The van der Waals surface area contributed by atoms with E-state index in [4.69, 9.17) is 0 Å². The highest BCUT2D eigenvalue weighted by atomic mass is 16.2. The van der Waals surface area contributed by atoms with Crippen LogP contribution in [0.1, 0.15) is 28.8 Å². The first-order chi connectivity index (χ1) is 8.65. The van der Waals surface area contributed by atoms with E-state index in [2.05, 4.69) is 5.32 Å². The number of nitrogens with zero attached hydrogens (tertiary/aromatic N) is 1. The van der Waals surface area contributed by atoms with Gasteiger partial charge >= 0.3 is 0 Å². The highest BCUT2D eigenvalue weighted by Gasteiger charge is 2.43.